The van der Waals surface area contributed by atoms with Crippen molar-refractivity contribution in [2.75, 3.05) is 37.6 Å². The van der Waals surface area contributed by atoms with Gasteiger partial charge in [0.1, 0.15) is 17.6 Å². The molecular weight excluding hydrogens is 458 g/mol. The highest BCUT2D eigenvalue weighted by Crippen LogP contribution is 2.24. The maximum atomic E-state index is 12.7. The fraction of sp³-hybridized carbons (Fsp3) is 0.250. The number of anilines is 1. The van der Waals surface area contributed by atoms with E-state index >= 15 is 0 Å². The van der Waals surface area contributed by atoms with Gasteiger partial charge in [-0.05, 0) is 36.4 Å². The van der Waals surface area contributed by atoms with Gasteiger partial charge >= 0.3 is 0 Å². The smallest absolute Gasteiger partial charge is 0.297 e. The molecule has 1 saturated heterocycles. The van der Waals surface area contributed by atoms with Crippen LogP contribution in [0.3, 0.4) is 0 Å². The number of carbonyl (C=O) groups is 2. The molecule has 3 heterocycles. The Kier molecular flexibility index (Phi) is 5.93. The number of piperazine rings is 1. The van der Waals surface area contributed by atoms with Gasteiger partial charge in [-0.25, -0.2) is 4.98 Å². The van der Waals surface area contributed by atoms with Gasteiger partial charge in [0.15, 0.2) is 0 Å². The summed E-state index contributed by atoms with van der Waals surface area (Å²) < 4.78 is 6.81. The molecule has 2 aromatic heterocycles. The highest BCUT2D eigenvalue weighted by molar-refractivity contribution is 6.30. The summed E-state index contributed by atoms with van der Waals surface area (Å²) in [4.78, 5) is 45.9. The third kappa shape index (κ3) is 4.34. The Labute approximate surface area is 199 Å². The minimum Gasteiger partial charge on any atom is -0.448 e. The number of aromatic nitrogens is 2. The molecule has 174 valence electrons. The highest BCUT2D eigenvalue weighted by Gasteiger charge is 2.22. The van der Waals surface area contributed by atoms with E-state index < -0.39 is 11.5 Å². The molecule has 34 heavy (non-hydrogen) atoms. The fourth-order valence-corrected chi connectivity index (χ4v) is 4.22. The predicted octanol–water partition coefficient (Wildman–Crippen LogP) is 2.26. The van der Waals surface area contributed by atoms with Crippen molar-refractivity contribution in [3.8, 4) is 0 Å². The molecule has 1 aliphatic heterocycles. The number of hydrogen-bond acceptors (Lipinski definition) is 6. The van der Waals surface area contributed by atoms with Crippen LogP contribution in [0.2, 0.25) is 5.02 Å². The Morgan fingerprint density at radius 3 is 2.53 bits per heavy atom. The first-order valence-electron chi connectivity index (χ1n) is 10.9. The van der Waals surface area contributed by atoms with Gasteiger partial charge in [0, 0.05) is 42.3 Å². The van der Waals surface area contributed by atoms with E-state index in [0.29, 0.717) is 42.3 Å². The molecule has 0 spiro atoms. The number of nitrogens with one attached hydrogen (secondary N) is 1. The van der Waals surface area contributed by atoms with Crippen LogP contribution in [-0.2, 0) is 16.1 Å². The molecule has 0 aliphatic carbocycles. The van der Waals surface area contributed by atoms with E-state index in [0.717, 1.165) is 11.1 Å². The van der Waals surface area contributed by atoms with Crippen molar-refractivity contribution in [2.45, 2.75) is 6.54 Å². The van der Waals surface area contributed by atoms with Gasteiger partial charge in [-0.3, -0.25) is 19.0 Å². The highest BCUT2D eigenvalue weighted by atomic mass is 35.5. The zero-order valence-corrected chi connectivity index (χ0v) is 19.0. The average molecular weight is 480 g/mol. The number of amides is 2. The van der Waals surface area contributed by atoms with E-state index in [1.54, 1.807) is 11.0 Å². The van der Waals surface area contributed by atoms with Crippen LogP contribution in [-0.4, -0.2) is 59.0 Å². The number of benzene rings is 2. The van der Waals surface area contributed by atoms with Gasteiger partial charge in [0.25, 0.3) is 5.56 Å². The maximum Gasteiger partial charge on any atom is 0.297 e. The molecule has 10 heteroatoms. The topological polar surface area (TPSA) is 101 Å². The van der Waals surface area contributed by atoms with Crippen molar-refractivity contribution in [3.63, 3.8) is 0 Å². The van der Waals surface area contributed by atoms with Gasteiger partial charge in [0.05, 0.1) is 12.9 Å². The molecule has 1 N–H and O–H groups in total. The first kappa shape index (κ1) is 22.0. The van der Waals surface area contributed by atoms with Crippen LogP contribution in [0.1, 0.15) is 0 Å². The average Bonchev–Trinajstić information content (AvgIpc) is 3.24. The van der Waals surface area contributed by atoms with Crippen molar-refractivity contribution in [1.82, 2.24) is 19.8 Å². The predicted molar refractivity (Wildman–Crippen MR) is 129 cm³/mol. The van der Waals surface area contributed by atoms with E-state index in [-0.39, 0.29) is 24.6 Å². The normalized spacial score (nSPS) is 14.0. The number of furan rings is 1. The van der Waals surface area contributed by atoms with E-state index in [1.807, 2.05) is 42.5 Å². The lowest BCUT2D eigenvalue weighted by Crippen LogP contribution is -2.51. The largest absolute Gasteiger partial charge is 0.448 e. The molecule has 1 fully saturated rings. The molecule has 2 aromatic carbocycles. The summed E-state index contributed by atoms with van der Waals surface area (Å²) in [6, 6.07) is 14.8. The van der Waals surface area contributed by atoms with Crippen LogP contribution in [0.25, 0.3) is 22.1 Å². The molecule has 4 aromatic rings. The van der Waals surface area contributed by atoms with Gasteiger partial charge in [0.2, 0.25) is 17.4 Å². The summed E-state index contributed by atoms with van der Waals surface area (Å²) >= 11 is 5.94. The van der Waals surface area contributed by atoms with E-state index in [2.05, 4.69) is 15.2 Å². The molecule has 0 atom stereocenters. The molecule has 2 amide bonds. The number of fused-ring (bicyclic) bond motifs is 3. The van der Waals surface area contributed by atoms with Crippen molar-refractivity contribution in [3.05, 3.63) is 70.2 Å². The van der Waals surface area contributed by atoms with Gasteiger partial charge < -0.3 is 19.5 Å². The fourth-order valence-electron chi connectivity index (χ4n) is 4.09. The molecule has 9 nitrogen and oxygen atoms in total. The van der Waals surface area contributed by atoms with E-state index in [1.165, 1.54) is 10.9 Å². The summed E-state index contributed by atoms with van der Waals surface area (Å²) in [5.74, 6) is -0.616. The minimum absolute atomic E-state index is 0.103. The quantitative estimate of drug-likeness (QED) is 0.471. The first-order chi connectivity index (χ1) is 16.5. The monoisotopic (exact) mass is 479 g/mol. The number of para-hydroxylation sites is 1. The lowest BCUT2D eigenvalue weighted by Gasteiger charge is -2.36. The Hall–Kier alpha value is -3.85. The van der Waals surface area contributed by atoms with Crippen molar-refractivity contribution < 1.29 is 14.0 Å². The number of hydrogen-bond donors (Lipinski definition) is 1. The number of nitrogens with zero attached hydrogens (tertiary/aromatic N) is 4. The third-order valence-corrected chi connectivity index (χ3v) is 6.18. The third-order valence-electron chi connectivity index (χ3n) is 5.93. The second-order valence-corrected chi connectivity index (χ2v) is 8.51. The SMILES string of the molecule is O=C(Cn1cnc2c(oc3ccccc32)c1=O)NCC(=O)N1CCN(c2ccc(Cl)cc2)CC1. The van der Waals surface area contributed by atoms with Gasteiger partial charge in [-0.2, -0.15) is 0 Å². The van der Waals surface area contributed by atoms with E-state index in [9.17, 15) is 14.4 Å². The minimum atomic E-state index is -0.451. The van der Waals surface area contributed by atoms with Crippen molar-refractivity contribution in [2.24, 2.45) is 0 Å². The number of carbonyl (C=O) groups excluding carboxylic acids is 2. The Morgan fingerprint density at radius 2 is 1.76 bits per heavy atom. The molecular formula is C24H22ClN5O4. The van der Waals surface area contributed by atoms with Crippen molar-refractivity contribution in [1.29, 1.82) is 0 Å². The molecule has 0 unspecified atom stereocenters. The Bertz CT molecular complexity index is 1420. The zero-order chi connectivity index (χ0) is 23.7. The summed E-state index contributed by atoms with van der Waals surface area (Å²) in [7, 11) is 0. The van der Waals surface area contributed by atoms with Crippen LogP contribution < -0.4 is 15.8 Å². The van der Waals surface area contributed by atoms with Crippen LogP contribution in [0.15, 0.2) is 64.1 Å². The lowest BCUT2D eigenvalue weighted by atomic mass is 10.2. The second-order valence-electron chi connectivity index (χ2n) is 8.07. The van der Waals surface area contributed by atoms with Crippen molar-refractivity contribution >= 4 is 51.2 Å². The summed E-state index contributed by atoms with van der Waals surface area (Å²) in [5.41, 5.74) is 1.74. The van der Waals surface area contributed by atoms with E-state index in [4.69, 9.17) is 16.0 Å². The molecule has 0 radical (unpaired) electrons. The lowest BCUT2D eigenvalue weighted by molar-refractivity contribution is -0.133. The van der Waals surface area contributed by atoms with Crippen LogP contribution >= 0.6 is 11.6 Å². The summed E-state index contributed by atoms with van der Waals surface area (Å²) in [6.45, 7) is 2.12. The molecule has 1 aliphatic rings. The Balaban J connectivity index is 1.16. The van der Waals surface area contributed by atoms with Crippen LogP contribution in [0.5, 0.6) is 0 Å². The van der Waals surface area contributed by atoms with Gasteiger partial charge in [-0.15, -0.1) is 0 Å². The van der Waals surface area contributed by atoms with Gasteiger partial charge in [-0.1, -0.05) is 23.7 Å². The number of halogens is 1. The number of rotatable bonds is 5. The molecule has 5 rings (SSSR count). The maximum absolute atomic E-state index is 12.7. The zero-order valence-electron chi connectivity index (χ0n) is 18.2. The van der Waals surface area contributed by atoms with Crippen LogP contribution in [0.4, 0.5) is 5.69 Å². The summed E-state index contributed by atoms with van der Waals surface area (Å²) in [6.07, 6.45) is 1.32. The molecule has 0 saturated carbocycles. The van der Waals surface area contributed by atoms with Crippen LogP contribution in [0, 0.1) is 0 Å². The molecule has 0 bridgehead atoms. The Morgan fingerprint density at radius 1 is 1.03 bits per heavy atom. The standard InChI is InChI=1S/C24H22ClN5O4/c25-16-5-7-17(8-6-16)28-9-11-29(12-10-28)21(32)13-26-20(31)14-30-15-27-22-18-3-1-2-4-19(18)34-23(22)24(30)33/h1-8,15H,9-14H2,(H,26,31). The first-order valence-corrected chi connectivity index (χ1v) is 11.3. The second kappa shape index (κ2) is 9.18. The summed E-state index contributed by atoms with van der Waals surface area (Å²) in [5, 5.41) is 4.03.